The molecule has 0 bridgehead atoms. The number of hydrogen-bond donors (Lipinski definition) is 2. The van der Waals surface area contributed by atoms with Crippen molar-refractivity contribution in [3.05, 3.63) is 59.7 Å². The quantitative estimate of drug-likeness (QED) is 0.787. The Morgan fingerprint density at radius 3 is 1.90 bits per heavy atom. The summed E-state index contributed by atoms with van der Waals surface area (Å²) in [5.41, 5.74) is 8.52. The van der Waals surface area contributed by atoms with Gasteiger partial charge in [-0.3, -0.25) is 0 Å². The first-order valence-corrected chi connectivity index (χ1v) is 7.24. The SMILES string of the molecule is CC(C)C(N)C#CC1(O)c2ccccc2-c2ccccc21. The fourth-order valence-corrected chi connectivity index (χ4v) is 2.70. The van der Waals surface area contributed by atoms with Crippen LogP contribution in [0.4, 0.5) is 0 Å². The van der Waals surface area contributed by atoms with Crippen molar-refractivity contribution in [2.45, 2.75) is 25.5 Å². The second kappa shape index (κ2) is 5.04. The predicted octanol–water partition coefficient (Wildman–Crippen LogP) is 2.89. The molecule has 2 aromatic rings. The number of nitrogens with two attached hydrogens (primary N) is 1. The van der Waals surface area contributed by atoms with E-state index in [1.54, 1.807) is 0 Å². The lowest BCUT2D eigenvalue weighted by Crippen LogP contribution is -2.27. The van der Waals surface area contributed by atoms with Gasteiger partial charge in [0.25, 0.3) is 0 Å². The zero-order chi connectivity index (χ0) is 15.0. The Balaban J connectivity index is 2.18. The van der Waals surface area contributed by atoms with E-state index in [2.05, 4.69) is 11.8 Å². The smallest absolute Gasteiger partial charge is 0.178 e. The van der Waals surface area contributed by atoms with Crippen LogP contribution in [0.15, 0.2) is 48.5 Å². The molecule has 2 aromatic carbocycles. The van der Waals surface area contributed by atoms with Crippen molar-refractivity contribution < 1.29 is 5.11 Å². The van der Waals surface area contributed by atoms with E-state index in [-0.39, 0.29) is 12.0 Å². The van der Waals surface area contributed by atoms with Crippen molar-refractivity contribution in [2.24, 2.45) is 11.7 Å². The third kappa shape index (κ3) is 2.15. The minimum absolute atomic E-state index is 0.242. The van der Waals surface area contributed by atoms with E-state index in [0.717, 1.165) is 22.3 Å². The van der Waals surface area contributed by atoms with Gasteiger partial charge in [-0.1, -0.05) is 74.2 Å². The minimum Gasteiger partial charge on any atom is -0.369 e. The topological polar surface area (TPSA) is 46.2 Å². The summed E-state index contributed by atoms with van der Waals surface area (Å²) in [7, 11) is 0. The molecule has 1 aliphatic carbocycles. The van der Waals surface area contributed by atoms with Gasteiger partial charge < -0.3 is 10.8 Å². The lowest BCUT2D eigenvalue weighted by molar-refractivity contribution is 0.150. The summed E-state index contributed by atoms with van der Waals surface area (Å²) >= 11 is 0. The first kappa shape index (κ1) is 13.9. The molecule has 0 saturated carbocycles. The molecule has 0 radical (unpaired) electrons. The number of hydrogen-bond acceptors (Lipinski definition) is 2. The van der Waals surface area contributed by atoms with Gasteiger partial charge in [0.2, 0.25) is 0 Å². The number of aliphatic hydroxyl groups is 1. The Morgan fingerprint density at radius 2 is 1.43 bits per heavy atom. The van der Waals surface area contributed by atoms with Crippen LogP contribution in [0.5, 0.6) is 0 Å². The van der Waals surface area contributed by atoms with Crippen molar-refractivity contribution in [2.75, 3.05) is 0 Å². The number of benzene rings is 2. The van der Waals surface area contributed by atoms with Crippen LogP contribution in [0.25, 0.3) is 11.1 Å². The summed E-state index contributed by atoms with van der Waals surface area (Å²) in [5.74, 6) is 6.31. The second-order valence-electron chi connectivity index (χ2n) is 5.84. The molecule has 3 N–H and O–H groups in total. The van der Waals surface area contributed by atoms with Gasteiger partial charge in [-0.05, 0) is 17.0 Å². The highest BCUT2D eigenvalue weighted by atomic mass is 16.3. The molecule has 0 fully saturated rings. The van der Waals surface area contributed by atoms with Crippen molar-refractivity contribution in [1.82, 2.24) is 0 Å². The standard InChI is InChI=1S/C19H19NO/c1-13(2)18(20)11-12-19(21)16-9-5-3-7-14(16)15-8-4-6-10-17(15)19/h3-10,13,18,21H,20H2,1-2H3. The molecular weight excluding hydrogens is 258 g/mol. The molecule has 0 heterocycles. The maximum Gasteiger partial charge on any atom is 0.178 e. The van der Waals surface area contributed by atoms with E-state index >= 15 is 0 Å². The van der Waals surface area contributed by atoms with E-state index in [4.69, 9.17) is 5.73 Å². The van der Waals surface area contributed by atoms with Gasteiger partial charge in [-0.15, -0.1) is 0 Å². The lowest BCUT2D eigenvalue weighted by atomic mass is 9.91. The Labute approximate surface area is 125 Å². The molecule has 3 rings (SSSR count). The molecule has 21 heavy (non-hydrogen) atoms. The van der Waals surface area contributed by atoms with E-state index in [1.807, 2.05) is 62.4 Å². The lowest BCUT2D eigenvalue weighted by Gasteiger charge is -2.19. The van der Waals surface area contributed by atoms with E-state index in [0.29, 0.717) is 0 Å². The molecule has 2 nitrogen and oxygen atoms in total. The summed E-state index contributed by atoms with van der Waals surface area (Å²) in [6.07, 6.45) is 0. The Hall–Kier alpha value is -2.08. The molecule has 1 unspecified atom stereocenters. The number of rotatable bonds is 1. The average Bonchev–Trinajstić information content (AvgIpc) is 2.76. The normalized spacial score (nSPS) is 15.9. The zero-order valence-electron chi connectivity index (χ0n) is 12.3. The number of fused-ring (bicyclic) bond motifs is 3. The van der Waals surface area contributed by atoms with Crippen molar-refractivity contribution in [3.8, 4) is 23.0 Å². The summed E-state index contributed by atoms with van der Waals surface area (Å²) in [6.45, 7) is 4.06. The maximum atomic E-state index is 11.2. The molecule has 0 aromatic heterocycles. The molecular formula is C19H19NO. The van der Waals surface area contributed by atoms with E-state index in [1.165, 1.54) is 0 Å². The van der Waals surface area contributed by atoms with Gasteiger partial charge in [-0.25, -0.2) is 0 Å². The van der Waals surface area contributed by atoms with Gasteiger partial charge in [0.05, 0.1) is 6.04 Å². The van der Waals surface area contributed by atoms with E-state index in [9.17, 15) is 5.11 Å². The molecule has 0 spiro atoms. The highest BCUT2D eigenvalue weighted by Crippen LogP contribution is 2.46. The van der Waals surface area contributed by atoms with Crippen LogP contribution < -0.4 is 5.73 Å². The Morgan fingerprint density at radius 1 is 0.952 bits per heavy atom. The molecule has 106 valence electrons. The van der Waals surface area contributed by atoms with Crippen molar-refractivity contribution >= 4 is 0 Å². The summed E-state index contributed by atoms with van der Waals surface area (Å²) in [4.78, 5) is 0. The summed E-state index contributed by atoms with van der Waals surface area (Å²) in [5, 5.41) is 11.2. The van der Waals surface area contributed by atoms with Crippen LogP contribution in [-0.2, 0) is 5.60 Å². The van der Waals surface area contributed by atoms with Gasteiger partial charge in [0, 0.05) is 11.1 Å². The average molecular weight is 277 g/mol. The second-order valence-corrected chi connectivity index (χ2v) is 5.84. The van der Waals surface area contributed by atoms with Crippen LogP contribution in [0, 0.1) is 17.8 Å². The van der Waals surface area contributed by atoms with Gasteiger partial charge in [-0.2, -0.15) is 0 Å². The van der Waals surface area contributed by atoms with Crippen LogP contribution >= 0.6 is 0 Å². The Bertz CT molecular complexity index is 691. The first-order valence-electron chi connectivity index (χ1n) is 7.24. The molecule has 1 atom stereocenters. The molecule has 0 amide bonds. The minimum atomic E-state index is -1.26. The Kier molecular flexibility index (Phi) is 3.33. The van der Waals surface area contributed by atoms with Gasteiger partial charge in [0.15, 0.2) is 5.60 Å². The molecule has 1 aliphatic rings. The highest BCUT2D eigenvalue weighted by Gasteiger charge is 2.40. The van der Waals surface area contributed by atoms with Crippen LogP contribution in [0.2, 0.25) is 0 Å². The highest BCUT2D eigenvalue weighted by molar-refractivity contribution is 5.81. The fraction of sp³-hybridized carbons (Fsp3) is 0.263. The van der Waals surface area contributed by atoms with Crippen molar-refractivity contribution in [1.29, 1.82) is 0 Å². The van der Waals surface area contributed by atoms with Crippen molar-refractivity contribution in [3.63, 3.8) is 0 Å². The third-order valence-electron chi connectivity index (χ3n) is 4.06. The summed E-state index contributed by atoms with van der Waals surface area (Å²) in [6, 6.07) is 15.5. The van der Waals surface area contributed by atoms with Crippen LogP contribution in [-0.4, -0.2) is 11.1 Å². The first-order chi connectivity index (χ1) is 10.0. The maximum absolute atomic E-state index is 11.2. The predicted molar refractivity (Wildman–Crippen MR) is 85.5 cm³/mol. The third-order valence-corrected chi connectivity index (χ3v) is 4.06. The molecule has 2 heteroatoms. The van der Waals surface area contributed by atoms with Crippen LogP contribution in [0.1, 0.15) is 25.0 Å². The van der Waals surface area contributed by atoms with Gasteiger partial charge >= 0.3 is 0 Å². The van der Waals surface area contributed by atoms with E-state index < -0.39 is 5.60 Å². The van der Waals surface area contributed by atoms with Gasteiger partial charge in [0.1, 0.15) is 0 Å². The zero-order valence-corrected chi connectivity index (χ0v) is 12.3. The summed E-state index contributed by atoms with van der Waals surface area (Å²) < 4.78 is 0. The molecule has 0 aliphatic heterocycles. The molecule has 0 saturated heterocycles. The largest absolute Gasteiger partial charge is 0.369 e. The monoisotopic (exact) mass is 277 g/mol. The fourth-order valence-electron chi connectivity index (χ4n) is 2.70. The van der Waals surface area contributed by atoms with Crippen LogP contribution in [0.3, 0.4) is 0 Å².